The van der Waals surface area contributed by atoms with Crippen LogP contribution in [0.1, 0.15) is 18.0 Å². The molecule has 21 heavy (non-hydrogen) atoms. The van der Waals surface area contributed by atoms with Gasteiger partial charge in [-0.25, -0.2) is 4.79 Å². The molecule has 0 aliphatic heterocycles. The van der Waals surface area contributed by atoms with E-state index >= 15 is 0 Å². The van der Waals surface area contributed by atoms with Crippen molar-refractivity contribution >= 4 is 6.08 Å². The molecule has 0 amide bonds. The molecular weight excluding hydrogens is 266 g/mol. The predicted molar refractivity (Wildman–Crippen MR) is 80.4 cm³/mol. The molecule has 0 N–H and O–H groups in total. The lowest BCUT2D eigenvalue weighted by molar-refractivity contribution is 0.297. The van der Waals surface area contributed by atoms with Crippen molar-refractivity contribution in [2.75, 3.05) is 13.7 Å². The van der Waals surface area contributed by atoms with E-state index in [0.717, 1.165) is 17.1 Å². The highest BCUT2D eigenvalue weighted by Gasteiger charge is 2.10. The van der Waals surface area contributed by atoms with Crippen LogP contribution in [0.3, 0.4) is 0 Å². The molecule has 0 aliphatic carbocycles. The quantitative estimate of drug-likeness (QED) is 0.577. The van der Waals surface area contributed by atoms with Gasteiger partial charge >= 0.3 is 0 Å². The van der Waals surface area contributed by atoms with Crippen molar-refractivity contribution in [1.29, 1.82) is 0 Å². The smallest absolute Gasteiger partial charge is 0.235 e. The van der Waals surface area contributed by atoms with E-state index in [1.165, 1.54) is 0 Å². The molecule has 0 radical (unpaired) electrons. The maximum atomic E-state index is 10.6. The molecule has 0 aromatic heterocycles. The predicted octanol–water partition coefficient (Wildman–Crippen LogP) is 3.54. The van der Waals surface area contributed by atoms with Gasteiger partial charge in [-0.3, -0.25) is 0 Å². The molecule has 0 saturated heterocycles. The summed E-state index contributed by atoms with van der Waals surface area (Å²) < 4.78 is 10.8. The van der Waals surface area contributed by atoms with Crippen LogP contribution in [0.25, 0.3) is 0 Å². The van der Waals surface area contributed by atoms with E-state index in [2.05, 4.69) is 4.99 Å². The van der Waals surface area contributed by atoms with Gasteiger partial charge in [-0.1, -0.05) is 36.4 Å². The summed E-state index contributed by atoms with van der Waals surface area (Å²) >= 11 is 0. The van der Waals surface area contributed by atoms with Crippen LogP contribution in [0.15, 0.2) is 59.6 Å². The normalized spacial score (nSPS) is 11.3. The maximum Gasteiger partial charge on any atom is 0.235 e. The zero-order valence-electron chi connectivity index (χ0n) is 11.9. The molecule has 1 atom stereocenters. The third-order valence-electron chi connectivity index (χ3n) is 3.09. The Morgan fingerprint density at radius 1 is 1.10 bits per heavy atom. The van der Waals surface area contributed by atoms with Gasteiger partial charge in [0.15, 0.2) is 0 Å². The van der Waals surface area contributed by atoms with Gasteiger partial charge in [0.25, 0.3) is 0 Å². The van der Waals surface area contributed by atoms with Gasteiger partial charge < -0.3 is 9.47 Å². The molecule has 0 bridgehead atoms. The van der Waals surface area contributed by atoms with Crippen LogP contribution >= 0.6 is 0 Å². The van der Waals surface area contributed by atoms with Crippen molar-refractivity contribution in [3.63, 3.8) is 0 Å². The highest BCUT2D eigenvalue weighted by molar-refractivity contribution is 5.35. The number of methoxy groups -OCH3 is 1. The van der Waals surface area contributed by atoms with Gasteiger partial charge in [-0.15, -0.1) is 0 Å². The Bertz CT molecular complexity index is 606. The van der Waals surface area contributed by atoms with Crippen LogP contribution < -0.4 is 9.47 Å². The van der Waals surface area contributed by atoms with Gasteiger partial charge in [-0.2, -0.15) is 4.99 Å². The Hall–Kier alpha value is -2.58. The Balaban J connectivity index is 1.95. The first-order valence-corrected chi connectivity index (χ1v) is 6.72. The summed E-state index contributed by atoms with van der Waals surface area (Å²) in [6.07, 6.45) is 2.24. The highest BCUT2D eigenvalue weighted by atomic mass is 16.5. The molecule has 2 rings (SSSR count). The van der Waals surface area contributed by atoms with E-state index in [4.69, 9.17) is 9.47 Å². The summed E-state index contributed by atoms with van der Waals surface area (Å²) in [4.78, 5) is 14.4. The van der Waals surface area contributed by atoms with Crippen LogP contribution in [-0.2, 0) is 4.79 Å². The Kier molecular flexibility index (Phi) is 5.56. The van der Waals surface area contributed by atoms with E-state index in [1.807, 2.05) is 54.6 Å². The SMILES string of the molecule is COc1cccc(OCCC(N=C=O)c2ccccc2)c1. The van der Waals surface area contributed by atoms with Crippen LogP contribution in [0.5, 0.6) is 11.5 Å². The number of ether oxygens (including phenoxy) is 2. The Morgan fingerprint density at radius 3 is 2.57 bits per heavy atom. The standard InChI is InChI=1S/C17H17NO3/c1-20-15-8-5-9-16(12-15)21-11-10-17(18-13-19)14-6-3-2-4-7-14/h2-9,12,17H,10-11H2,1H3. The van der Waals surface area contributed by atoms with Crippen molar-refractivity contribution in [3.8, 4) is 11.5 Å². The van der Waals surface area contributed by atoms with Crippen LogP contribution in [0, 0.1) is 0 Å². The number of hydrogen-bond acceptors (Lipinski definition) is 4. The largest absolute Gasteiger partial charge is 0.497 e. The number of benzene rings is 2. The number of isocyanates is 1. The second kappa shape index (κ2) is 7.88. The molecule has 108 valence electrons. The second-order valence-electron chi connectivity index (χ2n) is 4.46. The van der Waals surface area contributed by atoms with Gasteiger partial charge in [0.05, 0.1) is 19.8 Å². The topological polar surface area (TPSA) is 47.9 Å². The van der Waals surface area contributed by atoms with Crippen molar-refractivity contribution < 1.29 is 14.3 Å². The molecule has 0 saturated carbocycles. The average Bonchev–Trinajstić information content (AvgIpc) is 2.55. The van der Waals surface area contributed by atoms with E-state index in [9.17, 15) is 4.79 Å². The van der Waals surface area contributed by atoms with E-state index in [1.54, 1.807) is 13.2 Å². The molecule has 0 spiro atoms. The summed E-state index contributed by atoms with van der Waals surface area (Å²) in [5.41, 5.74) is 0.982. The second-order valence-corrected chi connectivity index (χ2v) is 4.46. The van der Waals surface area contributed by atoms with E-state index < -0.39 is 0 Å². The fourth-order valence-corrected chi connectivity index (χ4v) is 2.02. The Morgan fingerprint density at radius 2 is 1.86 bits per heavy atom. The highest BCUT2D eigenvalue weighted by Crippen LogP contribution is 2.23. The van der Waals surface area contributed by atoms with Crippen molar-refractivity contribution in [3.05, 3.63) is 60.2 Å². The van der Waals surface area contributed by atoms with Crippen molar-refractivity contribution in [2.45, 2.75) is 12.5 Å². The van der Waals surface area contributed by atoms with Crippen LogP contribution in [-0.4, -0.2) is 19.8 Å². The molecule has 4 heteroatoms. The summed E-state index contributed by atoms with van der Waals surface area (Å²) in [5.74, 6) is 1.48. The molecule has 0 heterocycles. The first-order valence-electron chi connectivity index (χ1n) is 6.72. The first-order chi connectivity index (χ1) is 10.3. The third-order valence-corrected chi connectivity index (χ3v) is 3.09. The molecule has 2 aromatic rings. The fraction of sp³-hybridized carbons (Fsp3) is 0.235. The third kappa shape index (κ3) is 4.48. The monoisotopic (exact) mass is 283 g/mol. The van der Waals surface area contributed by atoms with Gasteiger partial charge in [0.1, 0.15) is 11.5 Å². The van der Waals surface area contributed by atoms with E-state index in [-0.39, 0.29) is 6.04 Å². The number of aliphatic imine (C=N–C) groups is 1. The fourth-order valence-electron chi connectivity index (χ4n) is 2.02. The number of hydrogen-bond donors (Lipinski definition) is 0. The molecule has 1 unspecified atom stereocenters. The molecule has 0 aliphatic rings. The average molecular weight is 283 g/mol. The number of rotatable bonds is 7. The number of carbonyl (C=O) groups excluding carboxylic acids is 1. The molecular formula is C17H17NO3. The zero-order chi connectivity index (χ0) is 14.9. The summed E-state index contributed by atoms with van der Waals surface area (Å²) in [6.45, 7) is 0.456. The summed E-state index contributed by atoms with van der Waals surface area (Å²) in [6, 6.07) is 16.8. The minimum absolute atomic E-state index is 0.227. The minimum Gasteiger partial charge on any atom is -0.497 e. The van der Waals surface area contributed by atoms with Crippen LogP contribution in [0.2, 0.25) is 0 Å². The molecule has 2 aromatic carbocycles. The Labute approximate surface area is 124 Å². The van der Waals surface area contributed by atoms with Crippen molar-refractivity contribution in [2.24, 2.45) is 4.99 Å². The van der Waals surface area contributed by atoms with E-state index in [0.29, 0.717) is 13.0 Å². The first kappa shape index (κ1) is 14.8. The van der Waals surface area contributed by atoms with Gasteiger partial charge in [0.2, 0.25) is 6.08 Å². The maximum absolute atomic E-state index is 10.6. The molecule has 4 nitrogen and oxygen atoms in total. The minimum atomic E-state index is -0.227. The van der Waals surface area contributed by atoms with Gasteiger partial charge in [-0.05, 0) is 17.7 Å². The zero-order valence-corrected chi connectivity index (χ0v) is 11.9. The summed E-state index contributed by atoms with van der Waals surface area (Å²) in [5, 5.41) is 0. The van der Waals surface area contributed by atoms with Crippen molar-refractivity contribution in [1.82, 2.24) is 0 Å². The molecule has 0 fully saturated rings. The number of nitrogens with zero attached hydrogens (tertiary/aromatic N) is 1. The summed E-state index contributed by atoms with van der Waals surface area (Å²) in [7, 11) is 1.61. The lowest BCUT2D eigenvalue weighted by Crippen LogP contribution is -2.04. The van der Waals surface area contributed by atoms with Gasteiger partial charge in [0, 0.05) is 12.5 Å². The van der Waals surface area contributed by atoms with Crippen LogP contribution in [0.4, 0.5) is 0 Å². The lowest BCUT2D eigenvalue weighted by atomic mass is 10.1. The lowest BCUT2D eigenvalue weighted by Gasteiger charge is -2.12.